The fraction of sp³-hybridized carbons (Fsp3) is 0.571. The molecule has 1 rings (SSSR count). The molecule has 3 nitrogen and oxygen atoms in total. The van der Waals surface area contributed by atoms with Gasteiger partial charge in [-0.1, -0.05) is 37.8 Å². The van der Waals surface area contributed by atoms with Gasteiger partial charge in [0.05, 0.1) is 11.8 Å². The number of nitrogens with zero attached hydrogens (tertiary/aromatic N) is 2. The molecule has 0 spiro atoms. The lowest BCUT2D eigenvalue weighted by atomic mass is 10.1. The normalized spacial score (nSPS) is 11.1. The second-order valence-corrected chi connectivity index (χ2v) is 4.39. The molecule has 1 aromatic rings. The number of hydrogen-bond donors (Lipinski definition) is 1. The molecule has 0 unspecified atom stereocenters. The van der Waals surface area contributed by atoms with Gasteiger partial charge in [-0.3, -0.25) is 0 Å². The van der Waals surface area contributed by atoms with Gasteiger partial charge < -0.3 is 5.21 Å². The highest BCUT2D eigenvalue weighted by Crippen LogP contribution is 2.04. The van der Waals surface area contributed by atoms with Crippen LogP contribution in [0.25, 0.3) is 0 Å². The first-order valence-electron chi connectivity index (χ1n) is 6.53. The van der Waals surface area contributed by atoms with Crippen LogP contribution in [0.3, 0.4) is 0 Å². The Bertz CT molecular complexity index is 337. The molecule has 0 saturated carbocycles. The van der Waals surface area contributed by atoms with Crippen LogP contribution in [-0.2, 0) is 6.54 Å². The van der Waals surface area contributed by atoms with Crippen LogP contribution in [0, 0.1) is 0 Å². The lowest BCUT2D eigenvalue weighted by Gasteiger charge is -1.99. The standard InChI is InChI=1S/C14H22N2O/c1-2-3-4-5-6-7-10-16-11-8-9-14(13-16)12-15-17/h8-9,11-13H,2-7,10H2,1H3/p+1/b15-12-. The van der Waals surface area contributed by atoms with Gasteiger partial charge in [0.2, 0.25) is 0 Å². The highest BCUT2D eigenvalue weighted by atomic mass is 16.4. The first-order valence-corrected chi connectivity index (χ1v) is 6.53. The van der Waals surface area contributed by atoms with Crippen LogP contribution in [0.2, 0.25) is 0 Å². The molecule has 3 heteroatoms. The van der Waals surface area contributed by atoms with Gasteiger partial charge in [0.15, 0.2) is 12.4 Å². The van der Waals surface area contributed by atoms with E-state index in [1.165, 1.54) is 44.7 Å². The molecule has 1 aromatic heterocycles. The third-order valence-corrected chi connectivity index (χ3v) is 2.86. The molecule has 1 heterocycles. The van der Waals surface area contributed by atoms with Crippen molar-refractivity contribution in [2.75, 3.05) is 0 Å². The van der Waals surface area contributed by atoms with Crippen molar-refractivity contribution in [1.82, 2.24) is 0 Å². The fourth-order valence-electron chi connectivity index (χ4n) is 1.90. The van der Waals surface area contributed by atoms with E-state index in [2.05, 4.69) is 22.8 Å². The number of rotatable bonds is 8. The van der Waals surface area contributed by atoms with Crippen LogP contribution in [0.4, 0.5) is 0 Å². The largest absolute Gasteiger partial charge is 0.411 e. The molecule has 94 valence electrons. The molecule has 0 atom stereocenters. The number of unbranched alkanes of at least 4 members (excludes halogenated alkanes) is 5. The Labute approximate surface area is 104 Å². The van der Waals surface area contributed by atoms with Crippen molar-refractivity contribution in [1.29, 1.82) is 0 Å². The Kier molecular flexibility index (Phi) is 7.03. The van der Waals surface area contributed by atoms with Crippen molar-refractivity contribution < 1.29 is 9.77 Å². The average molecular weight is 235 g/mol. The maximum Gasteiger partial charge on any atom is 0.177 e. The van der Waals surface area contributed by atoms with E-state index in [0.717, 1.165) is 12.1 Å². The molecule has 0 aliphatic heterocycles. The molecule has 0 aliphatic rings. The SMILES string of the molecule is CCCCCCCC[n+]1cccc(/C=N\O)c1. The summed E-state index contributed by atoms with van der Waals surface area (Å²) in [6, 6.07) is 3.91. The summed E-state index contributed by atoms with van der Waals surface area (Å²) in [5.41, 5.74) is 0.931. The van der Waals surface area contributed by atoms with Crippen LogP contribution in [0.15, 0.2) is 29.7 Å². The van der Waals surface area contributed by atoms with Gasteiger partial charge in [-0.15, -0.1) is 0 Å². The fourth-order valence-corrected chi connectivity index (χ4v) is 1.90. The van der Waals surface area contributed by atoms with Crippen molar-refractivity contribution in [3.05, 3.63) is 30.1 Å². The zero-order chi connectivity index (χ0) is 12.3. The minimum Gasteiger partial charge on any atom is -0.411 e. The third kappa shape index (κ3) is 6.05. The first kappa shape index (κ1) is 13.7. The van der Waals surface area contributed by atoms with Gasteiger partial charge >= 0.3 is 0 Å². The summed E-state index contributed by atoms with van der Waals surface area (Å²) >= 11 is 0. The molecule has 0 aliphatic carbocycles. The van der Waals surface area contributed by atoms with Crippen molar-refractivity contribution in [2.45, 2.75) is 52.0 Å². The van der Waals surface area contributed by atoms with Gasteiger partial charge in [0.1, 0.15) is 6.54 Å². The summed E-state index contributed by atoms with van der Waals surface area (Å²) in [5, 5.41) is 11.5. The molecular weight excluding hydrogens is 212 g/mol. The second-order valence-electron chi connectivity index (χ2n) is 4.39. The van der Waals surface area contributed by atoms with Crippen LogP contribution in [0.5, 0.6) is 0 Å². The van der Waals surface area contributed by atoms with Gasteiger partial charge in [-0.25, -0.2) is 4.57 Å². The van der Waals surface area contributed by atoms with E-state index < -0.39 is 0 Å². The topological polar surface area (TPSA) is 36.5 Å². The summed E-state index contributed by atoms with van der Waals surface area (Å²) < 4.78 is 2.15. The number of pyridine rings is 1. The molecule has 0 saturated heterocycles. The molecule has 0 radical (unpaired) electrons. The summed E-state index contributed by atoms with van der Waals surface area (Å²) in [5.74, 6) is 0. The van der Waals surface area contributed by atoms with Gasteiger partial charge in [-0.05, 0) is 12.5 Å². The molecule has 0 fully saturated rings. The van der Waals surface area contributed by atoms with Crippen LogP contribution in [-0.4, -0.2) is 11.4 Å². The highest BCUT2D eigenvalue weighted by Gasteiger charge is 2.01. The molecule has 17 heavy (non-hydrogen) atoms. The Morgan fingerprint density at radius 1 is 1.24 bits per heavy atom. The quantitative estimate of drug-likeness (QED) is 0.243. The van der Waals surface area contributed by atoms with Crippen LogP contribution < -0.4 is 4.57 Å². The summed E-state index contributed by atoms with van der Waals surface area (Å²) in [4.78, 5) is 0. The van der Waals surface area contributed by atoms with Gasteiger partial charge in [0.25, 0.3) is 0 Å². The van der Waals surface area contributed by atoms with E-state index in [-0.39, 0.29) is 0 Å². The van der Waals surface area contributed by atoms with Crippen molar-refractivity contribution in [2.24, 2.45) is 5.16 Å². The molecule has 0 bridgehead atoms. The van der Waals surface area contributed by atoms with E-state index in [1.54, 1.807) is 0 Å². The highest BCUT2D eigenvalue weighted by molar-refractivity contribution is 5.77. The maximum atomic E-state index is 8.47. The van der Waals surface area contributed by atoms with Gasteiger partial charge in [0, 0.05) is 12.5 Å². The molecular formula is C14H23N2O+. The number of aryl methyl sites for hydroxylation is 1. The van der Waals surface area contributed by atoms with E-state index in [1.807, 2.05) is 18.3 Å². The minimum absolute atomic E-state index is 0.931. The Morgan fingerprint density at radius 2 is 2.00 bits per heavy atom. The molecule has 0 aromatic carbocycles. The van der Waals surface area contributed by atoms with Crippen molar-refractivity contribution in [3.8, 4) is 0 Å². The van der Waals surface area contributed by atoms with E-state index in [9.17, 15) is 0 Å². The Balaban J connectivity index is 2.24. The van der Waals surface area contributed by atoms with E-state index in [4.69, 9.17) is 5.21 Å². The zero-order valence-electron chi connectivity index (χ0n) is 10.7. The van der Waals surface area contributed by atoms with E-state index in [0.29, 0.717) is 0 Å². The summed E-state index contributed by atoms with van der Waals surface area (Å²) in [6.07, 6.45) is 13.4. The maximum absolute atomic E-state index is 8.47. The lowest BCUT2D eigenvalue weighted by molar-refractivity contribution is -0.697. The molecule has 0 amide bonds. The predicted molar refractivity (Wildman–Crippen MR) is 69.4 cm³/mol. The smallest absolute Gasteiger partial charge is 0.177 e. The number of hydrogen-bond acceptors (Lipinski definition) is 2. The summed E-state index contributed by atoms with van der Waals surface area (Å²) in [6.45, 7) is 3.28. The van der Waals surface area contributed by atoms with Gasteiger partial charge in [-0.2, -0.15) is 0 Å². The Hall–Kier alpha value is -1.38. The Morgan fingerprint density at radius 3 is 2.76 bits per heavy atom. The zero-order valence-corrected chi connectivity index (χ0v) is 10.7. The number of aromatic nitrogens is 1. The van der Waals surface area contributed by atoms with Crippen molar-refractivity contribution in [3.63, 3.8) is 0 Å². The third-order valence-electron chi connectivity index (χ3n) is 2.86. The lowest BCUT2D eigenvalue weighted by Crippen LogP contribution is -2.33. The van der Waals surface area contributed by atoms with Crippen LogP contribution in [0.1, 0.15) is 51.0 Å². The van der Waals surface area contributed by atoms with E-state index >= 15 is 0 Å². The van der Waals surface area contributed by atoms with Crippen LogP contribution >= 0.6 is 0 Å². The minimum atomic E-state index is 0.931. The first-order chi connectivity index (χ1) is 8.36. The monoisotopic (exact) mass is 235 g/mol. The predicted octanol–water partition coefficient (Wildman–Crippen LogP) is 3.14. The number of oxime groups is 1. The summed E-state index contributed by atoms with van der Waals surface area (Å²) in [7, 11) is 0. The second kappa shape index (κ2) is 8.74. The van der Waals surface area contributed by atoms with Crippen molar-refractivity contribution >= 4 is 6.21 Å². The molecule has 1 N–H and O–H groups in total. The average Bonchev–Trinajstić information content (AvgIpc) is 2.35.